The first-order valence-corrected chi connectivity index (χ1v) is 11.8. The van der Waals surface area contributed by atoms with Gasteiger partial charge in [0.1, 0.15) is 5.82 Å². The molecule has 174 valence electrons. The van der Waals surface area contributed by atoms with Crippen molar-refractivity contribution < 1.29 is 4.39 Å². The van der Waals surface area contributed by atoms with Crippen LogP contribution in [0.4, 0.5) is 4.39 Å². The molecule has 1 atom stereocenters. The summed E-state index contributed by atoms with van der Waals surface area (Å²) in [6.45, 7) is 2.08. The molecule has 1 aliphatic heterocycles. The fraction of sp³-hybridized carbons (Fsp3) is 0.185. The molecule has 6 nitrogen and oxygen atoms in total. The van der Waals surface area contributed by atoms with Crippen molar-refractivity contribution in [1.29, 1.82) is 0 Å². The van der Waals surface area contributed by atoms with Crippen molar-refractivity contribution in [1.82, 2.24) is 29.6 Å². The zero-order chi connectivity index (χ0) is 23.9. The maximum atomic E-state index is 14.7. The molecule has 1 aromatic carbocycles. The molecule has 5 aromatic rings. The molecule has 1 aliphatic rings. The SMILES string of the molecule is CN1CCC(n2cc(-c3cncc(-c4cc(-c5cc(Cl)ccc5F)nc5ncccc45)c3)cn2)C1. The highest BCUT2D eigenvalue weighted by Gasteiger charge is 2.22. The van der Waals surface area contributed by atoms with E-state index in [0.717, 1.165) is 47.2 Å². The van der Waals surface area contributed by atoms with E-state index < -0.39 is 0 Å². The molecule has 0 N–H and O–H groups in total. The van der Waals surface area contributed by atoms with E-state index in [2.05, 4.69) is 48.9 Å². The van der Waals surface area contributed by atoms with Crippen molar-refractivity contribution in [2.45, 2.75) is 12.5 Å². The van der Waals surface area contributed by atoms with E-state index in [0.29, 0.717) is 28.0 Å². The average Bonchev–Trinajstić information content (AvgIpc) is 3.54. The van der Waals surface area contributed by atoms with Gasteiger partial charge in [-0.25, -0.2) is 14.4 Å². The lowest BCUT2D eigenvalue weighted by Crippen LogP contribution is -2.16. The predicted octanol–water partition coefficient (Wildman–Crippen LogP) is 5.89. The number of aromatic nitrogens is 5. The van der Waals surface area contributed by atoms with Gasteiger partial charge in [-0.2, -0.15) is 5.10 Å². The maximum absolute atomic E-state index is 14.7. The maximum Gasteiger partial charge on any atom is 0.160 e. The fourth-order valence-corrected chi connectivity index (χ4v) is 4.86. The van der Waals surface area contributed by atoms with Crippen molar-refractivity contribution in [2.24, 2.45) is 0 Å². The minimum atomic E-state index is -0.389. The molecule has 0 radical (unpaired) electrons. The zero-order valence-corrected chi connectivity index (χ0v) is 19.8. The van der Waals surface area contributed by atoms with Crippen LogP contribution in [0.3, 0.4) is 0 Å². The summed E-state index contributed by atoms with van der Waals surface area (Å²) in [6.07, 6.45) is 10.4. The Balaban J connectivity index is 1.45. The normalized spacial score (nSPS) is 16.3. The topological polar surface area (TPSA) is 59.7 Å². The van der Waals surface area contributed by atoms with Gasteiger partial charge in [-0.15, -0.1) is 0 Å². The highest BCUT2D eigenvalue weighted by molar-refractivity contribution is 6.30. The van der Waals surface area contributed by atoms with Gasteiger partial charge in [0.05, 0.1) is 17.9 Å². The van der Waals surface area contributed by atoms with Crippen LogP contribution in [0.1, 0.15) is 12.5 Å². The van der Waals surface area contributed by atoms with Crippen LogP contribution in [0, 0.1) is 5.82 Å². The van der Waals surface area contributed by atoms with Gasteiger partial charge < -0.3 is 4.90 Å². The Hall–Kier alpha value is -3.68. The third kappa shape index (κ3) is 4.17. The third-order valence-electron chi connectivity index (χ3n) is 6.51. The molecule has 0 spiro atoms. The van der Waals surface area contributed by atoms with Gasteiger partial charge in [0.25, 0.3) is 0 Å². The third-order valence-corrected chi connectivity index (χ3v) is 6.75. The molecule has 1 fully saturated rings. The molecular weight excluding hydrogens is 463 g/mol. The quantitative estimate of drug-likeness (QED) is 0.318. The van der Waals surface area contributed by atoms with Crippen LogP contribution in [0.15, 0.2) is 73.4 Å². The van der Waals surface area contributed by atoms with Crippen LogP contribution >= 0.6 is 11.6 Å². The van der Waals surface area contributed by atoms with Gasteiger partial charge >= 0.3 is 0 Å². The lowest BCUT2D eigenvalue weighted by Gasteiger charge is -2.11. The molecule has 0 saturated carbocycles. The number of halogens is 2. The molecule has 0 amide bonds. The molecule has 4 aromatic heterocycles. The zero-order valence-electron chi connectivity index (χ0n) is 19.1. The van der Waals surface area contributed by atoms with Crippen LogP contribution in [0.2, 0.25) is 5.02 Å². The number of likely N-dealkylation sites (N-methyl/N-ethyl adjacent to an activating group) is 1. The molecule has 1 saturated heterocycles. The molecule has 35 heavy (non-hydrogen) atoms. The Morgan fingerprint density at radius 3 is 2.74 bits per heavy atom. The van der Waals surface area contributed by atoms with E-state index in [4.69, 9.17) is 11.6 Å². The van der Waals surface area contributed by atoms with Crippen molar-refractivity contribution in [3.05, 3.63) is 84.3 Å². The number of likely N-dealkylation sites (tertiary alicyclic amines) is 1. The summed E-state index contributed by atoms with van der Waals surface area (Å²) in [5, 5.41) is 5.93. The van der Waals surface area contributed by atoms with Crippen molar-refractivity contribution in [2.75, 3.05) is 20.1 Å². The van der Waals surface area contributed by atoms with Crippen LogP contribution in [0.25, 0.3) is 44.5 Å². The van der Waals surface area contributed by atoms with Gasteiger partial charge in [0.2, 0.25) is 0 Å². The van der Waals surface area contributed by atoms with Crippen LogP contribution in [-0.4, -0.2) is 49.8 Å². The van der Waals surface area contributed by atoms with E-state index in [1.165, 1.54) is 12.1 Å². The Morgan fingerprint density at radius 1 is 1.00 bits per heavy atom. The standard InChI is InChI=1S/C27H22ClFN6/c1-34-8-6-21(16-34)35-15-19(14-32-35)17-9-18(13-30-12-17)23-11-26(24-10-20(28)4-5-25(24)29)33-27-22(23)3-2-7-31-27/h2-5,7,9-15,21H,6,8,16H2,1H3. The van der Waals surface area contributed by atoms with E-state index >= 15 is 0 Å². The number of nitrogens with zero attached hydrogens (tertiary/aromatic N) is 6. The summed E-state index contributed by atoms with van der Waals surface area (Å²) < 4.78 is 16.7. The first kappa shape index (κ1) is 21.8. The number of rotatable bonds is 4. The van der Waals surface area contributed by atoms with E-state index in [1.807, 2.05) is 30.6 Å². The number of benzene rings is 1. The molecule has 0 bridgehead atoms. The number of pyridine rings is 3. The second-order valence-electron chi connectivity index (χ2n) is 8.93. The molecule has 1 unspecified atom stereocenters. The summed E-state index contributed by atoms with van der Waals surface area (Å²) in [5.74, 6) is -0.389. The van der Waals surface area contributed by atoms with E-state index in [9.17, 15) is 4.39 Å². The highest BCUT2D eigenvalue weighted by Crippen LogP contribution is 2.34. The molecular formula is C27H22ClFN6. The van der Waals surface area contributed by atoms with Gasteiger partial charge in [-0.05, 0) is 68.0 Å². The van der Waals surface area contributed by atoms with Crippen LogP contribution < -0.4 is 0 Å². The smallest absolute Gasteiger partial charge is 0.160 e. The van der Waals surface area contributed by atoms with Gasteiger partial charge in [-0.1, -0.05) is 11.6 Å². The lowest BCUT2D eigenvalue weighted by atomic mass is 9.99. The average molecular weight is 485 g/mol. The molecule has 6 rings (SSSR count). The summed E-state index contributed by atoms with van der Waals surface area (Å²) in [5.41, 5.74) is 5.06. The van der Waals surface area contributed by atoms with Gasteiger partial charge in [-0.3, -0.25) is 9.67 Å². The monoisotopic (exact) mass is 484 g/mol. The minimum Gasteiger partial charge on any atom is -0.304 e. The van der Waals surface area contributed by atoms with E-state index in [-0.39, 0.29) is 5.82 Å². The molecule has 8 heteroatoms. The van der Waals surface area contributed by atoms with Crippen molar-refractivity contribution >= 4 is 22.6 Å². The van der Waals surface area contributed by atoms with Gasteiger partial charge in [0.15, 0.2) is 5.65 Å². The summed E-state index contributed by atoms with van der Waals surface area (Å²) in [7, 11) is 2.13. The second kappa shape index (κ2) is 8.83. The number of hydrogen-bond acceptors (Lipinski definition) is 5. The Bertz CT molecular complexity index is 1550. The number of fused-ring (bicyclic) bond motifs is 1. The predicted molar refractivity (Wildman–Crippen MR) is 136 cm³/mol. The van der Waals surface area contributed by atoms with Crippen LogP contribution in [0.5, 0.6) is 0 Å². The Kier molecular flexibility index (Phi) is 5.51. The van der Waals surface area contributed by atoms with E-state index in [1.54, 1.807) is 18.5 Å². The van der Waals surface area contributed by atoms with Crippen molar-refractivity contribution in [3.8, 4) is 33.5 Å². The highest BCUT2D eigenvalue weighted by atomic mass is 35.5. The number of hydrogen-bond donors (Lipinski definition) is 0. The Morgan fingerprint density at radius 2 is 1.89 bits per heavy atom. The minimum absolute atomic E-state index is 0.332. The van der Waals surface area contributed by atoms with Gasteiger partial charge in [0, 0.05) is 64.0 Å². The summed E-state index contributed by atoms with van der Waals surface area (Å²) in [4.78, 5) is 15.9. The largest absolute Gasteiger partial charge is 0.304 e. The van der Waals surface area contributed by atoms with Crippen LogP contribution in [-0.2, 0) is 0 Å². The summed E-state index contributed by atoms with van der Waals surface area (Å²) >= 11 is 6.16. The second-order valence-corrected chi connectivity index (χ2v) is 9.37. The molecule has 0 aliphatic carbocycles. The summed E-state index contributed by atoms with van der Waals surface area (Å²) in [6, 6.07) is 12.6. The first-order chi connectivity index (χ1) is 17.0. The first-order valence-electron chi connectivity index (χ1n) is 11.4. The fourth-order valence-electron chi connectivity index (χ4n) is 4.69. The lowest BCUT2D eigenvalue weighted by molar-refractivity contribution is 0.382. The Labute approximate surface area is 207 Å². The molecule has 5 heterocycles. The van der Waals surface area contributed by atoms with Crippen molar-refractivity contribution in [3.63, 3.8) is 0 Å².